The lowest BCUT2D eigenvalue weighted by molar-refractivity contribution is -0.385. The standard InChI is InChI=1S/C30H44O5/c1-17(24-16-29(6)26(2,3)34-30(7,33-24)35-29)20-8-9-21-25-22(11-13-28(20,21)5)27(4)12-10-19(31)14-18(27)15-23(25)32/h10,12,14,17,20-25,32H,8-9,11,13,15-16H2,1-7H3/t17-,20+,21-,22-,23+,24+,25-,27-,28+,29+,30?/m0/s1. The van der Waals surface area contributed by atoms with E-state index in [0.29, 0.717) is 30.1 Å². The molecule has 0 aromatic carbocycles. The van der Waals surface area contributed by atoms with Gasteiger partial charge >= 0.3 is 0 Å². The molecular weight excluding hydrogens is 440 g/mol. The fraction of sp³-hybridized carbons (Fsp3) is 0.833. The smallest absolute Gasteiger partial charge is 0.281 e. The Bertz CT molecular complexity index is 995. The summed E-state index contributed by atoms with van der Waals surface area (Å²) in [5.74, 6) is 1.22. The van der Waals surface area contributed by atoms with Gasteiger partial charge in [0.25, 0.3) is 5.97 Å². The molecule has 5 heteroatoms. The molecule has 0 amide bonds. The first-order chi connectivity index (χ1) is 16.2. The van der Waals surface area contributed by atoms with E-state index in [1.54, 1.807) is 12.2 Å². The van der Waals surface area contributed by atoms with Crippen LogP contribution < -0.4 is 0 Å². The van der Waals surface area contributed by atoms with E-state index in [9.17, 15) is 9.90 Å². The lowest BCUT2D eigenvalue weighted by Crippen LogP contribution is -2.56. The number of ether oxygens (including phenoxy) is 3. The van der Waals surface area contributed by atoms with Crippen molar-refractivity contribution in [3.05, 3.63) is 23.8 Å². The molecule has 6 aliphatic rings. The van der Waals surface area contributed by atoms with Crippen molar-refractivity contribution in [2.75, 3.05) is 0 Å². The van der Waals surface area contributed by atoms with Crippen LogP contribution in [0.15, 0.2) is 23.8 Å². The van der Waals surface area contributed by atoms with Crippen LogP contribution in [0.2, 0.25) is 0 Å². The van der Waals surface area contributed by atoms with Crippen LogP contribution >= 0.6 is 0 Å². The molecule has 2 heterocycles. The van der Waals surface area contributed by atoms with Crippen molar-refractivity contribution < 1.29 is 24.1 Å². The van der Waals surface area contributed by atoms with Gasteiger partial charge in [-0.15, -0.1) is 0 Å². The summed E-state index contributed by atoms with van der Waals surface area (Å²) in [6.07, 6.45) is 11.5. The maximum Gasteiger partial charge on any atom is 0.281 e. The number of allylic oxidation sites excluding steroid dienone is 3. The molecule has 0 radical (unpaired) electrons. The van der Waals surface area contributed by atoms with E-state index in [2.05, 4.69) is 47.6 Å². The van der Waals surface area contributed by atoms with Gasteiger partial charge in [-0.25, -0.2) is 0 Å². The molecular formula is C30H44O5. The second kappa shape index (κ2) is 7.30. The maximum absolute atomic E-state index is 12.1. The molecule has 1 N–H and O–H groups in total. The van der Waals surface area contributed by atoms with Crippen molar-refractivity contribution in [1.29, 1.82) is 0 Å². The molecule has 6 rings (SSSR count). The van der Waals surface area contributed by atoms with E-state index in [-0.39, 0.29) is 40.3 Å². The average molecular weight is 485 g/mol. The molecule has 3 saturated carbocycles. The molecule has 0 spiro atoms. The Morgan fingerprint density at radius 2 is 1.77 bits per heavy atom. The Morgan fingerprint density at radius 1 is 1.03 bits per heavy atom. The van der Waals surface area contributed by atoms with Crippen molar-refractivity contribution in [2.45, 2.75) is 116 Å². The van der Waals surface area contributed by atoms with Crippen LogP contribution in [0.25, 0.3) is 0 Å². The van der Waals surface area contributed by atoms with Crippen LogP contribution in [-0.4, -0.2) is 40.3 Å². The van der Waals surface area contributed by atoms with Gasteiger partial charge in [0.15, 0.2) is 5.78 Å². The number of carbonyl (C=O) groups is 1. The van der Waals surface area contributed by atoms with Crippen LogP contribution in [0.1, 0.15) is 87.0 Å². The highest BCUT2D eigenvalue weighted by molar-refractivity contribution is 6.01. The highest BCUT2D eigenvalue weighted by atomic mass is 16.9. The van der Waals surface area contributed by atoms with E-state index in [1.807, 2.05) is 6.92 Å². The van der Waals surface area contributed by atoms with Gasteiger partial charge in [0.05, 0.1) is 17.8 Å². The third-order valence-electron chi connectivity index (χ3n) is 12.0. The Labute approximate surface area is 210 Å². The van der Waals surface area contributed by atoms with Gasteiger partial charge < -0.3 is 19.3 Å². The zero-order valence-electron chi connectivity index (χ0n) is 22.6. The normalized spacial score (nSPS) is 55.1. The summed E-state index contributed by atoms with van der Waals surface area (Å²) >= 11 is 0. The SMILES string of the molecule is C[C@@H]([C@H]1CC[C@H]2[C@@H]3[C@H](O)CC4=CC(=O)C=C[C@]4(C)[C@H]3CC[C@]12C)[C@H]1C[C@@]2(C)OC(C)(O1)OC2(C)C. The van der Waals surface area contributed by atoms with Crippen LogP contribution in [0.4, 0.5) is 0 Å². The molecule has 2 aliphatic heterocycles. The Morgan fingerprint density at radius 3 is 2.49 bits per heavy atom. The molecule has 2 saturated heterocycles. The molecule has 0 aromatic rings. The largest absolute Gasteiger partial charge is 0.392 e. The number of carbonyl (C=O) groups excluding carboxylic acids is 1. The molecule has 1 unspecified atom stereocenters. The fourth-order valence-electron chi connectivity index (χ4n) is 9.79. The molecule has 35 heavy (non-hydrogen) atoms. The molecule has 4 aliphatic carbocycles. The van der Waals surface area contributed by atoms with Gasteiger partial charge in [-0.3, -0.25) is 4.79 Å². The van der Waals surface area contributed by atoms with Crippen molar-refractivity contribution >= 4 is 5.78 Å². The van der Waals surface area contributed by atoms with Crippen molar-refractivity contribution in [3.63, 3.8) is 0 Å². The number of aliphatic hydroxyl groups is 1. The first-order valence-electron chi connectivity index (χ1n) is 13.9. The monoisotopic (exact) mass is 484 g/mol. The summed E-state index contributed by atoms with van der Waals surface area (Å²) < 4.78 is 19.1. The fourth-order valence-corrected chi connectivity index (χ4v) is 9.79. The predicted molar refractivity (Wildman–Crippen MR) is 133 cm³/mol. The van der Waals surface area contributed by atoms with Crippen molar-refractivity contribution in [2.24, 2.45) is 40.4 Å². The first-order valence-corrected chi connectivity index (χ1v) is 13.9. The van der Waals surface area contributed by atoms with Gasteiger partial charge in [0.2, 0.25) is 0 Å². The summed E-state index contributed by atoms with van der Waals surface area (Å²) in [4.78, 5) is 12.1. The number of hydrogen-bond acceptors (Lipinski definition) is 5. The average Bonchev–Trinajstić information content (AvgIpc) is 3.15. The van der Waals surface area contributed by atoms with Crippen LogP contribution in [0.3, 0.4) is 0 Å². The second-order valence-electron chi connectivity index (χ2n) is 14.0. The minimum atomic E-state index is -0.979. The predicted octanol–water partition coefficient (Wildman–Crippen LogP) is 5.56. The van der Waals surface area contributed by atoms with Crippen molar-refractivity contribution in [1.82, 2.24) is 0 Å². The number of aliphatic hydroxyl groups excluding tert-OH is 1. The van der Waals surface area contributed by atoms with Crippen LogP contribution in [0.5, 0.6) is 0 Å². The van der Waals surface area contributed by atoms with Crippen LogP contribution in [0, 0.1) is 40.4 Å². The lowest BCUT2D eigenvalue weighted by atomic mass is 9.46. The number of rotatable bonds is 2. The van der Waals surface area contributed by atoms with Gasteiger partial charge in [-0.2, -0.15) is 0 Å². The van der Waals surface area contributed by atoms with Crippen molar-refractivity contribution in [3.8, 4) is 0 Å². The minimum Gasteiger partial charge on any atom is -0.392 e. The van der Waals surface area contributed by atoms with E-state index in [1.165, 1.54) is 19.3 Å². The molecule has 5 nitrogen and oxygen atoms in total. The number of hydrogen-bond donors (Lipinski definition) is 1. The van der Waals surface area contributed by atoms with E-state index in [4.69, 9.17) is 14.2 Å². The summed E-state index contributed by atoms with van der Waals surface area (Å²) in [6.45, 7) is 15.5. The summed E-state index contributed by atoms with van der Waals surface area (Å²) in [6, 6.07) is 0. The summed E-state index contributed by atoms with van der Waals surface area (Å²) in [5, 5.41) is 11.4. The Balaban J connectivity index is 1.27. The molecule has 11 atom stereocenters. The zero-order chi connectivity index (χ0) is 25.2. The highest BCUT2D eigenvalue weighted by Crippen LogP contribution is 2.67. The lowest BCUT2D eigenvalue weighted by Gasteiger charge is -2.59. The third-order valence-corrected chi connectivity index (χ3v) is 12.0. The minimum absolute atomic E-state index is 0.0681. The van der Waals surface area contributed by atoms with Gasteiger partial charge in [-0.1, -0.05) is 32.4 Å². The second-order valence-corrected chi connectivity index (χ2v) is 14.0. The quantitative estimate of drug-likeness (QED) is 0.556. The molecule has 194 valence electrons. The Hall–Kier alpha value is -1.01. The van der Waals surface area contributed by atoms with E-state index in [0.717, 1.165) is 18.4 Å². The summed E-state index contributed by atoms with van der Waals surface area (Å²) in [5.41, 5.74) is 0.472. The summed E-state index contributed by atoms with van der Waals surface area (Å²) in [7, 11) is 0. The maximum atomic E-state index is 12.1. The van der Waals surface area contributed by atoms with Crippen LogP contribution in [-0.2, 0) is 19.0 Å². The third kappa shape index (κ3) is 3.23. The van der Waals surface area contributed by atoms with E-state index < -0.39 is 11.6 Å². The molecule has 2 bridgehead atoms. The van der Waals surface area contributed by atoms with Gasteiger partial charge in [0, 0.05) is 18.8 Å². The number of ketones is 1. The topological polar surface area (TPSA) is 65.0 Å². The molecule has 5 fully saturated rings. The molecule has 0 aromatic heterocycles. The van der Waals surface area contributed by atoms with Gasteiger partial charge in [-0.05, 0) is 100 Å². The first kappa shape index (κ1) is 24.3. The van der Waals surface area contributed by atoms with E-state index >= 15 is 0 Å². The Kier molecular flexibility index (Phi) is 5.08. The number of fused-ring (bicyclic) bond motifs is 7. The highest BCUT2D eigenvalue weighted by Gasteiger charge is 2.66. The zero-order valence-corrected chi connectivity index (χ0v) is 22.6. The van der Waals surface area contributed by atoms with Gasteiger partial charge in [0.1, 0.15) is 5.60 Å².